The molecule has 4 rings (SSSR count). The van der Waals surface area contributed by atoms with Crippen molar-refractivity contribution < 1.29 is 4.74 Å². The highest BCUT2D eigenvalue weighted by Crippen LogP contribution is 2.22. The van der Waals surface area contributed by atoms with E-state index in [0.29, 0.717) is 18.2 Å². The standard InChI is InChI=1S/C19H17N5O/c1-14-5-8-24-16(12-23-18(24)9-14)11-22-15-3-2-4-17(10-15)25-19-13-20-6-7-21-19/h2-10,12-13,22H,11H2,1H3. The number of aryl methyl sites for hydroxylation is 1. The van der Waals surface area contributed by atoms with Crippen molar-refractivity contribution in [2.75, 3.05) is 5.32 Å². The Bertz CT molecular complexity index is 997. The number of ether oxygens (including phenoxy) is 1. The fourth-order valence-corrected chi connectivity index (χ4v) is 2.59. The van der Waals surface area contributed by atoms with Crippen molar-refractivity contribution in [3.05, 3.63) is 78.6 Å². The van der Waals surface area contributed by atoms with Crippen LogP contribution in [0.3, 0.4) is 0 Å². The molecule has 0 spiro atoms. The number of imidazole rings is 1. The van der Waals surface area contributed by atoms with Gasteiger partial charge in [-0.2, -0.15) is 0 Å². The topological polar surface area (TPSA) is 64.3 Å². The highest BCUT2D eigenvalue weighted by Gasteiger charge is 2.04. The molecule has 1 N–H and O–H groups in total. The smallest absolute Gasteiger partial charge is 0.237 e. The van der Waals surface area contributed by atoms with Gasteiger partial charge in [0.2, 0.25) is 5.88 Å². The van der Waals surface area contributed by atoms with Crippen LogP contribution < -0.4 is 10.1 Å². The van der Waals surface area contributed by atoms with Crippen LogP contribution in [0.1, 0.15) is 11.3 Å². The predicted molar refractivity (Wildman–Crippen MR) is 95.8 cm³/mol. The molecular formula is C19H17N5O. The van der Waals surface area contributed by atoms with Gasteiger partial charge in [0.1, 0.15) is 11.4 Å². The summed E-state index contributed by atoms with van der Waals surface area (Å²) in [6.07, 6.45) is 8.73. The largest absolute Gasteiger partial charge is 0.437 e. The summed E-state index contributed by atoms with van der Waals surface area (Å²) < 4.78 is 7.79. The monoisotopic (exact) mass is 331 g/mol. The van der Waals surface area contributed by atoms with E-state index in [2.05, 4.69) is 43.7 Å². The summed E-state index contributed by atoms with van der Waals surface area (Å²) in [4.78, 5) is 12.6. The minimum Gasteiger partial charge on any atom is -0.437 e. The third-order valence-electron chi connectivity index (χ3n) is 3.81. The number of nitrogens with zero attached hydrogens (tertiary/aromatic N) is 4. The van der Waals surface area contributed by atoms with E-state index in [-0.39, 0.29) is 0 Å². The lowest BCUT2D eigenvalue weighted by Gasteiger charge is -2.09. The number of anilines is 1. The summed E-state index contributed by atoms with van der Waals surface area (Å²) in [5, 5.41) is 3.40. The number of pyridine rings is 1. The van der Waals surface area contributed by atoms with Gasteiger partial charge in [0.05, 0.1) is 24.6 Å². The van der Waals surface area contributed by atoms with Gasteiger partial charge in [0.15, 0.2) is 0 Å². The third-order valence-corrected chi connectivity index (χ3v) is 3.81. The Morgan fingerprint density at radius 3 is 2.92 bits per heavy atom. The normalized spacial score (nSPS) is 10.8. The Balaban J connectivity index is 1.48. The van der Waals surface area contributed by atoms with Crippen LogP contribution in [0.15, 0.2) is 67.4 Å². The minimum atomic E-state index is 0.469. The van der Waals surface area contributed by atoms with Gasteiger partial charge in [-0.05, 0) is 36.8 Å². The zero-order chi connectivity index (χ0) is 17.1. The van der Waals surface area contributed by atoms with E-state index in [4.69, 9.17) is 4.74 Å². The van der Waals surface area contributed by atoms with E-state index in [0.717, 1.165) is 17.0 Å². The summed E-state index contributed by atoms with van der Waals surface area (Å²) in [7, 11) is 0. The molecule has 124 valence electrons. The Kier molecular flexibility index (Phi) is 4.00. The van der Waals surface area contributed by atoms with E-state index in [9.17, 15) is 0 Å². The van der Waals surface area contributed by atoms with Gasteiger partial charge in [0.25, 0.3) is 0 Å². The molecule has 0 radical (unpaired) electrons. The molecule has 3 aromatic heterocycles. The van der Waals surface area contributed by atoms with E-state index in [1.165, 1.54) is 5.56 Å². The van der Waals surface area contributed by atoms with Crippen molar-refractivity contribution in [1.29, 1.82) is 0 Å². The van der Waals surface area contributed by atoms with Crippen LogP contribution in [0, 0.1) is 6.92 Å². The zero-order valence-corrected chi connectivity index (χ0v) is 13.8. The molecule has 1 aromatic carbocycles. The van der Waals surface area contributed by atoms with E-state index in [1.807, 2.05) is 36.7 Å². The van der Waals surface area contributed by atoms with Crippen molar-refractivity contribution in [2.45, 2.75) is 13.5 Å². The maximum absolute atomic E-state index is 5.71. The average molecular weight is 331 g/mol. The molecule has 0 atom stereocenters. The Labute approximate surface area is 145 Å². The van der Waals surface area contributed by atoms with Gasteiger partial charge in [0, 0.05) is 30.3 Å². The van der Waals surface area contributed by atoms with Gasteiger partial charge in [-0.25, -0.2) is 9.97 Å². The summed E-state index contributed by atoms with van der Waals surface area (Å²) in [6.45, 7) is 2.73. The molecule has 6 heteroatoms. The summed E-state index contributed by atoms with van der Waals surface area (Å²) in [5.74, 6) is 1.18. The third kappa shape index (κ3) is 3.42. The molecule has 25 heavy (non-hydrogen) atoms. The second kappa shape index (κ2) is 6.60. The first-order valence-electron chi connectivity index (χ1n) is 7.98. The molecule has 0 amide bonds. The maximum atomic E-state index is 5.71. The van der Waals surface area contributed by atoms with Crippen molar-refractivity contribution >= 4 is 11.3 Å². The number of nitrogens with one attached hydrogen (secondary N) is 1. The van der Waals surface area contributed by atoms with E-state index < -0.39 is 0 Å². The number of aromatic nitrogens is 4. The van der Waals surface area contributed by atoms with E-state index >= 15 is 0 Å². The molecule has 0 aliphatic rings. The summed E-state index contributed by atoms with van der Waals surface area (Å²) >= 11 is 0. The van der Waals surface area contributed by atoms with Crippen LogP contribution in [0.25, 0.3) is 5.65 Å². The van der Waals surface area contributed by atoms with Gasteiger partial charge in [-0.3, -0.25) is 4.98 Å². The molecule has 4 aromatic rings. The number of benzene rings is 1. The second-order valence-electron chi connectivity index (χ2n) is 5.71. The van der Waals surface area contributed by atoms with Crippen LogP contribution in [-0.4, -0.2) is 19.4 Å². The van der Waals surface area contributed by atoms with Gasteiger partial charge < -0.3 is 14.5 Å². The minimum absolute atomic E-state index is 0.469. The Morgan fingerprint density at radius 2 is 2.04 bits per heavy atom. The molecular weight excluding hydrogens is 314 g/mol. The van der Waals surface area contributed by atoms with Crippen molar-refractivity contribution in [2.24, 2.45) is 0 Å². The van der Waals surface area contributed by atoms with Gasteiger partial charge >= 0.3 is 0 Å². The number of fused-ring (bicyclic) bond motifs is 1. The van der Waals surface area contributed by atoms with Crippen LogP contribution >= 0.6 is 0 Å². The number of rotatable bonds is 5. The van der Waals surface area contributed by atoms with Crippen LogP contribution in [0.4, 0.5) is 5.69 Å². The van der Waals surface area contributed by atoms with Gasteiger partial charge in [-0.15, -0.1) is 0 Å². The van der Waals surface area contributed by atoms with Crippen molar-refractivity contribution in [1.82, 2.24) is 19.4 Å². The first kappa shape index (κ1) is 15.1. The number of hydrogen-bond donors (Lipinski definition) is 1. The maximum Gasteiger partial charge on any atom is 0.237 e. The van der Waals surface area contributed by atoms with Gasteiger partial charge in [-0.1, -0.05) is 6.07 Å². The quantitative estimate of drug-likeness (QED) is 0.602. The molecule has 0 bridgehead atoms. The predicted octanol–water partition coefficient (Wildman–Crippen LogP) is 3.84. The molecule has 0 aliphatic heterocycles. The summed E-state index contributed by atoms with van der Waals surface area (Å²) in [5.41, 5.74) is 4.21. The lowest BCUT2D eigenvalue weighted by molar-refractivity contribution is 0.460. The van der Waals surface area contributed by atoms with Crippen molar-refractivity contribution in [3.63, 3.8) is 0 Å². The Morgan fingerprint density at radius 1 is 1.08 bits per heavy atom. The Hall–Kier alpha value is -3.41. The van der Waals surface area contributed by atoms with Crippen LogP contribution in [0.5, 0.6) is 11.6 Å². The molecule has 0 saturated heterocycles. The summed E-state index contributed by atoms with van der Waals surface area (Å²) in [6, 6.07) is 11.9. The van der Waals surface area contributed by atoms with Crippen LogP contribution in [-0.2, 0) is 6.54 Å². The molecule has 0 saturated carbocycles. The molecule has 3 heterocycles. The fraction of sp³-hybridized carbons (Fsp3) is 0.105. The average Bonchev–Trinajstić information content (AvgIpc) is 3.03. The van der Waals surface area contributed by atoms with E-state index in [1.54, 1.807) is 18.6 Å². The van der Waals surface area contributed by atoms with Crippen molar-refractivity contribution in [3.8, 4) is 11.6 Å². The molecule has 6 nitrogen and oxygen atoms in total. The second-order valence-corrected chi connectivity index (χ2v) is 5.71. The molecule has 0 unspecified atom stereocenters. The highest BCUT2D eigenvalue weighted by atomic mass is 16.5. The lowest BCUT2D eigenvalue weighted by Crippen LogP contribution is -2.02. The molecule has 0 aliphatic carbocycles. The molecule has 0 fully saturated rings. The van der Waals surface area contributed by atoms with Crippen LogP contribution in [0.2, 0.25) is 0 Å². The first-order valence-corrected chi connectivity index (χ1v) is 7.98. The SMILES string of the molecule is Cc1ccn2c(CNc3cccc(Oc4cnccn4)c3)cnc2c1. The lowest BCUT2D eigenvalue weighted by atomic mass is 10.3. The fourth-order valence-electron chi connectivity index (χ4n) is 2.59. The highest BCUT2D eigenvalue weighted by molar-refractivity contribution is 5.50. The first-order chi connectivity index (χ1) is 12.3. The zero-order valence-electron chi connectivity index (χ0n) is 13.8. The number of hydrogen-bond acceptors (Lipinski definition) is 5.